The van der Waals surface area contributed by atoms with E-state index < -0.39 is 24.2 Å². The number of nitrogens with one attached hydrogen (secondary N) is 1. The maximum absolute atomic E-state index is 12.0. The Bertz CT molecular complexity index is 735. The molecule has 1 aromatic rings. The molecule has 0 aliphatic heterocycles. The van der Waals surface area contributed by atoms with Gasteiger partial charge >= 0.3 is 6.09 Å². The molecule has 0 radical (unpaired) electrons. The second-order valence-corrected chi connectivity index (χ2v) is 12.4. The molecule has 0 unspecified atom stereocenters. The van der Waals surface area contributed by atoms with E-state index in [1.165, 1.54) is 12.1 Å². The van der Waals surface area contributed by atoms with Crippen molar-refractivity contribution in [2.45, 2.75) is 31.5 Å². The molecule has 0 aromatic heterocycles. The van der Waals surface area contributed by atoms with Gasteiger partial charge in [-0.3, -0.25) is 0 Å². The van der Waals surface area contributed by atoms with Crippen LogP contribution in [0.4, 0.5) is 4.79 Å². The fourth-order valence-electron chi connectivity index (χ4n) is 1.40. The minimum Gasteiger partial charge on any atom is -0.445 e. The van der Waals surface area contributed by atoms with Crippen molar-refractivity contribution in [1.82, 2.24) is 4.72 Å². The highest BCUT2D eigenvalue weighted by Gasteiger charge is 2.17. The highest BCUT2D eigenvalue weighted by atomic mass is 32.2. The maximum atomic E-state index is 12.0. The summed E-state index contributed by atoms with van der Waals surface area (Å²) in [5.74, 6) is 2.88. The molecule has 0 aliphatic rings. The van der Waals surface area contributed by atoms with Crippen molar-refractivity contribution < 1.29 is 17.9 Å². The van der Waals surface area contributed by atoms with Crippen LogP contribution in [0.15, 0.2) is 41.3 Å². The van der Waals surface area contributed by atoms with Crippen LogP contribution in [0.1, 0.15) is 5.56 Å². The smallest absolute Gasteiger partial charge is 0.421 e. The van der Waals surface area contributed by atoms with Gasteiger partial charge < -0.3 is 4.74 Å². The van der Waals surface area contributed by atoms with Gasteiger partial charge in [-0.1, -0.05) is 43.3 Å². The summed E-state index contributed by atoms with van der Waals surface area (Å²) in [4.78, 5) is 11.5. The zero-order valence-electron chi connectivity index (χ0n) is 13.7. The Morgan fingerprint density at radius 2 is 1.87 bits per heavy atom. The Labute approximate surface area is 138 Å². The number of rotatable bonds is 4. The van der Waals surface area contributed by atoms with Crippen molar-refractivity contribution in [3.63, 3.8) is 0 Å². The largest absolute Gasteiger partial charge is 0.445 e. The highest BCUT2D eigenvalue weighted by molar-refractivity contribution is 7.90. The second-order valence-electron chi connectivity index (χ2n) is 5.94. The van der Waals surface area contributed by atoms with Crippen molar-refractivity contribution >= 4 is 24.2 Å². The van der Waals surface area contributed by atoms with E-state index in [2.05, 4.69) is 31.1 Å². The molecule has 0 heterocycles. The fraction of sp³-hybridized carbons (Fsp3) is 0.312. The standard InChI is InChI=1S/C16H21NO4SSi/c1-14-8-10-15(11-9-14)22(19,20)17-16(18)21-12-6-5-7-13-23(2,3)4/h5-6,8-11H,12H2,1-4H3,(H,17,18)/b6-5-. The molecule has 0 atom stereocenters. The number of aryl methyl sites for hydroxylation is 1. The predicted molar refractivity (Wildman–Crippen MR) is 93.1 cm³/mol. The predicted octanol–water partition coefficient (Wildman–Crippen LogP) is 2.85. The summed E-state index contributed by atoms with van der Waals surface area (Å²) >= 11 is 0. The normalized spacial score (nSPS) is 11.7. The molecule has 5 nitrogen and oxygen atoms in total. The van der Waals surface area contributed by atoms with Gasteiger partial charge in [0.2, 0.25) is 0 Å². The summed E-state index contributed by atoms with van der Waals surface area (Å²) in [6.45, 7) is 8.15. The fourth-order valence-corrected chi connectivity index (χ4v) is 2.81. The Balaban J connectivity index is 2.51. The van der Waals surface area contributed by atoms with Crippen LogP contribution in [0.2, 0.25) is 19.6 Å². The molecule has 0 bridgehead atoms. The van der Waals surface area contributed by atoms with Crippen LogP contribution in [0, 0.1) is 18.4 Å². The van der Waals surface area contributed by atoms with Gasteiger partial charge in [0, 0.05) is 0 Å². The molecule has 7 heteroatoms. The molecule has 0 spiro atoms. The minimum atomic E-state index is -3.91. The average molecular weight is 352 g/mol. The number of amides is 1. The van der Waals surface area contributed by atoms with Gasteiger partial charge in [-0.25, -0.2) is 17.9 Å². The molecule has 23 heavy (non-hydrogen) atoms. The molecule has 1 amide bonds. The molecule has 0 aliphatic carbocycles. The Hall–Kier alpha value is -2.04. The molecule has 0 saturated heterocycles. The summed E-state index contributed by atoms with van der Waals surface area (Å²) in [5.41, 5.74) is 4.05. The summed E-state index contributed by atoms with van der Waals surface area (Å²) in [6.07, 6.45) is 2.14. The van der Waals surface area contributed by atoms with Gasteiger partial charge in [-0.2, -0.15) is 0 Å². The van der Waals surface area contributed by atoms with E-state index in [4.69, 9.17) is 4.74 Å². The van der Waals surface area contributed by atoms with Gasteiger partial charge in [0.1, 0.15) is 14.7 Å². The topological polar surface area (TPSA) is 72.5 Å². The molecule has 1 rings (SSSR count). The Morgan fingerprint density at radius 1 is 1.26 bits per heavy atom. The van der Waals surface area contributed by atoms with Crippen molar-refractivity contribution in [2.75, 3.05) is 6.61 Å². The average Bonchev–Trinajstić information content (AvgIpc) is 2.41. The van der Waals surface area contributed by atoms with Crippen LogP contribution in [0.3, 0.4) is 0 Å². The molecule has 0 saturated carbocycles. The summed E-state index contributed by atoms with van der Waals surface area (Å²) in [7, 11) is -5.34. The number of ether oxygens (including phenoxy) is 1. The first-order valence-electron chi connectivity index (χ1n) is 7.04. The van der Waals surface area contributed by atoms with E-state index in [0.29, 0.717) is 0 Å². The molecular formula is C16H21NO4SSi. The van der Waals surface area contributed by atoms with E-state index >= 15 is 0 Å². The minimum absolute atomic E-state index is 0.0107. The number of hydrogen-bond donors (Lipinski definition) is 1. The lowest BCUT2D eigenvalue weighted by atomic mass is 10.2. The summed E-state index contributed by atoms with van der Waals surface area (Å²) in [5, 5.41) is 0. The van der Waals surface area contributed by atoms with Crippen molar-refractivity contribution in [3.8, 4) is 11.5 Å². The quantitative estimate of drug-likeness (QED) is 0.669. The SMILES string of the molecule is Cc1ccc(S(=O)(=O)NC(=O)OC/C=C\C#C[Si](C)(C)C)cc1. The third-order valence-electron chi connectivity index (χ3n) is 2.51. The first-order valence-corrected chi connectivity index (χ1v) is 12.0. The first-order chi connectivity index (χ1) is 10.6. The van der Waals surface area contributed by atoms with E-state index in [9.17, 15) is 13.2 Å². The third-order valence-corrected chi connectivity index (χ3v) is 4.73. The van der Waals surface area contributed by atoms with Gasteiger partial charge in [-0.05, 0) is 31.2 Å². The number of benzene rings is 1. The monoisotopic (exact) mass is 351 g/mol. The molecule has 1 N–H and O–H groups in total. The van der Waals surface area contributed by atoms with Crippen LogP contribution in [0.25, 0.3) is 0 Å². The summed E-state index contributed by atoms with van der Waals surface area (Å²) in [6, 6.07) is 6.16. The molecule has 1 aromatic carbocycles. The lowest BCUT2D eigenvalue weighted by Crippen LogP contribution is -2.31. The Kier molecular flexibility index (Phi) is 6.60. The lowest BCUT2D eigenvalue weighted by Gasteiger charge is -2.06. The lowest BCUT2D eigenvalue weighted by molar-refractivity contribution is 0.165. The van der Waals surface area contributed by atoms with E-state index in [1.54, 1.807) is 24.3 Å². The van der Waals surface area contributed by atoms with Crippen LogP contribution in [0.5, 0.6) is 0 Å². The zero-order valence-corrected chi connectivity index (χ0v) is 15.5. The Morgan fingerprint density at radius 3 is 2.43 bits per heavy atom. The molecule has 0 fully saturated rings. The number of allylic oxidation sites excluding steroid dienone is 1. The van der Waals surface area contributed by atoms with Crippen LogP contribution >= 0.6 is 0 Å². The summed E-state index contributed by atoms with van der Waals surface area (Å²) < 4.78 is 30.5. The zero-order chi connectivity index (χ0) is 17.5. The number of hydrogen-bond acceptors (Lipinski definition) is 4. The van der Waals surface area contributed by atoms with Gasteiger partial charge in [0.05, 0.1) is 4.90 Å². The van der Waals surface area contributed by atoms with Crippen LogP contribution in [-0.4, -0.2) is 29.2 Å². The second kappa shape index (κ2) is 7.99. The molecular weight excluding hydrogens is 330 g/mol. The van der Waals surface area contributed by atoms with Gasteiger partial charge in [0.25, 0.3) is 10.0 Å². The molecule has 124 valence electrons. The number of carbonyl (C=O) groups excluding carboxylic acids is 1. The first kappa shape index (κ1) is 19.0. The van der Waals surface area contributed by atoms with Crippen LogP contribution in [-0.2, 0) is 14.8 Å². The van der Waals surface area contributed by atoms with Gasteiger partial charge in [-0.15, -0.1) is 5.54 Å². The van der Waals surface area contributed by atoms with Gasteiger partial charge in [0.15, 0.2) is 0 Å². The van der Waals surface area contributed by atoms with Crippen LogP contribution < -0.4 is 4.72 Å². The van der Waals surface area contributed by atoms with E-state index in [-0.39, 0.29) is 11.5 Å². The van der Waals surface area contributed by atoms with E-state index in [1.807, 2.05) is 11.6 Å². The van der Waals surface area contributed by atoms with E-state index in [0.717, 1.165) is 5.56 Å². The number of sulfonamides is 1. The number of carbonyl (C=O) groups is 1. The van der Waals surface area contributed by atoms with Crippen molar-refractivity contribution in [2.24, 2.45) is 0 Å². The maximum Gasteiger partial charge on any atom is 0.421 e. The van der Waals surface area contributed by atoms with Crippen molar-refractivity contribution in [1.29, 1.82) is 0 Å². The highest BCUT2D eigenvalue weighted by Crippen LogP contribution is 2.09. The third kappa shape index (κ3) is 7.67. The van der Waals surface area contributed by atoms with Crippen molar-refractivity contribution in [3.05, 3.63) is 42.0 Å².